The van der Waals surface area contributed by atoms with Crippen LogP contribution in [0.3, 0.4) is 0 Å². The molecule has 0 spiro atoms. The van der Waals surface area contributed by atoms with Gasteiger partial charge in [0.2, 0.25) is 0 Å². The highest BCUT2D eigenvalue weighted by molar-refractivity contribution is 5.63. The molecule has 0 saturated carbocycles. The zero-order valence-electron chi connectivity index (χ0n) is 8.54. The molecule has 0 unspecified atom stereocenters. The molecule has 2 nitrogen and oxygen atoms in total. The third kappa shape index (κ3) is 2.38. The first-order valence-corrected chi connectivity index (χ1v) is 4.42. The zero-order chi connectivity index (χ0) is 9.90. The molecule has 2 heteroatoms. The first kappa shape index (κ1) is 9.90. The Hall–Kier alpha value is -1.18. The third-order valence-electron chi connectivity index (χ3n) is 2.22. The lowest BCUT2D eigenvalue weighted by Crippen LogP contribution is -2.16. The van der Waals surface area contributed by atoms with Crippen molar-refractivity contribution in [2.45, 2.75) is 27.2 Å². The molecule has 0 bridgehead atoms. The fourth-order valence-corrected chi connectivity index (χ4v) is 1.61. The average Bonchev–Trinajstić information content (AvgIpc) is 2.01. The van der Waals surface area contributed by atoms with E-state index < -0.39 is 0 Å². The second-order valence-electron chi connectivity index (χ2n) is 4.05. The van der Waals surface area contributed by atoms with Crippen LogP contribution in [0, 0.1) is 5.41 Å². The Bertz CT molecular complexity index is 293. The van der Waals surface area contributed by atoms with E-state index in [1.165, 1.54) is 11.9 Å². The van der Waals surface area contributed by atoms with Crippen LogP contribution in [0.4, 0.5) is 0 Å². The van der Waals surface area contributed by atoms with Crippen LogP contribution in [0.5, 0.6) is 0 Å². The van der Waals surface area contributed by atoms with Gasteiger partial charge in [-0.1, -0.05) is 25.5 Å². The molecule has 0 atom stereocenters. The predicted octanol–water partition coefficient (Wildman–Crippen LogP) is 2.98. The molecule has 0 aliphatic heterocycles. The van der Waals surface area contributed by atoms with Crippen molar-refractivity contribution in [1.82, 2.24) is 0 Å². The first-order valence-electron chi connectivity index (χ1n) is 4.42. The van der Waals surface area contributed by atoms with Crippen LogP contribution in [-0.2, 0) is 0 Å². The Labute approximate surface area is 79.8 Å². The van der Waals surface area contributed by atoms with Crippen LogP contribution < -0.4 is 0 Å². The van der Waals surface area contributed by atoms with Crippen molar-refractivity contribution in [2.24, 2.45) is 15.4 Å². The summed E-state index contributed by atoms with van der Waals surface area (Å²) < 4.78 is 0. The summed E-state index contributed by atoms with van der Waals surface area (Å²) in [7, 11) is 0. The molecule has 0 fully saturated rings. The van der Waals surface area contributed by atoms with Crippen molar-refractivity contribution >= 4 is 13.1 Å². The second-order valence-corrected chi connectivity index (χ2v) is 4.05. The summed E-state index contributed by atoms with van der Waals surface area (Å²) in [4.78, 5) is 7.86. The third-order valence-corrected chi connectivity index (χ3v) is 2.22. The zero-order valence-corrected chi connectivity index (χ0v) is 8.54. The number of hydrogen-bond donors (Lipinski definition) is 0. The minimum Gasteiger partial charge on any atom is -0.253 e. The van der Waals surface area contributed by atoms with Crippen LogP contribution in [0.15, 0.2) is 33.4 Å². The van der Waals surface area contributed by atoms with Gasteiger partial charge in [0.1, 0.15) is 6.34 Å². The fourth-order valence-electron chi connectivity index (χ4n) is 1.61. The summed E-state index contributed by atoms with van der Waals surface area (Å²) in [5.74, 6) is 0. The van der Waals surface area contributed by atoms with Crippen molar-refractivity contribution in [1.29, 1.82) is 0 Å². The number of allylic oxidation sites excluding steroid dienone is 4. The number of nitrogens with zero attached hydrogens (tertiary/aromatic N) is 2. The molecule has 0 aromatic carbocycles. The molecular formula is C11H16N2. The molecule has 0 aromatic rings. The van der Waals surface area contributed by atoms with Gasteiger partial charge in [-0.2, -0.15) is 0 Å². The molecule has 0 saturated heterocycles. The van der Waals surface area contributed by atoms with Gasteiger partial charge < -0.3 is 0 Å². The Morgan fingerprint density at radius 3 is 2.69 bits per heavy atom. The maximum Gasteiger partial charge on any atom is 0.114 e. The van der Waals surface area contributed by atoms with Crippen LogP contribution in [0.2, 0.25) is 0 Å². The van der Waals surface area contributed by atoms with E-state index in [4.69, 9.17) is 0 Å². The molecule has 1 aliphatic carbocycles. The van der Waals surface area contributed by atoms with E-state index in [0.29, 0.717) is 0 Å². The van der Waals surface area contributed by atoms with Gasteiger partial charge >= 0.3 is 0 Å². The lowest BCUT2D eigenvalue weighted by molar-refractivity contribution is 0.432. The minimum atomic E-state index is 0.125. The van der Waals surface area contributed by atoms with E-state index in [9.17, 15) is 0 Å². The highest BCUT2D eigenvalue weighted by Crippen LogP contribution is 2.37. The quantitative estimate of drug-likeness (QED) is 0.456. The largest absolute Gasteiger partial charge is 0.253 e. The minimum absolute atomic E-state index is 0.125. The smallest absolute Gasteiger partial charge is 0.114 e. The van der Waals surface area contributed by atoms with Gasteiger partial charge in [-0.3, -0.25) is 4.99 Å². The van der Waals surface area contributed by atoms with Gasteiger partial charge in [-0.15, -0.1) is 0 Å². The summed E-state index contributed by atoms with van der Waals surface area (Å²) in [5.41, 5.74) is 2.60. The molecule has 0 amide bonds. The van der Waals surface area contributed by atoms with Crippen LogP contribution in [0.1, 0.15) is 27.2 Å². The Balaban J connectivity index is 2.92. The van der Waals surface area contributed by atoms with Crippen LogP contribution >= 0.6 is 0 Å². The Morgan fingerprint density at radius 1 is 1.46 bits per heavy atom. The molecule has 13 heavy (non-hydrogen) atoms. The summed E-state index contributed by atoms with van der Waals surface area (Å²) in [6, 6.07) is 0. The van der Waals surface area contributed by atoms with Crippen molar-refractivity contribution in [2.75, 3.05) is 0 Å². The second kappa shape index (κ2) is 3.69. The van der Waals surface area contributed by atoms with Gasteiger partial charge in [0.15, 0.2) is 0 Å². The predicted molar refractivity (Wildman–Crippen MR) is 58.3 cm³/mol. The summed E-state index contributed by atoms with van der Waals surface area (Å²) in [6.07, 6.45) is 6.73. The van der Waals surface area contributed by atoms with Gasteiger partial charge in [-0.05, 0) is 26.1 Å². The van der Waals surface area contributed by atoms with E-state index in [1.807, 2.05) is 0 Å². The molecule has 1 rings (SSSR count). The fraction of sp³-hybridized carbons (Fsp3) is 0.455. The molecule has 0 N–H and O–H groups in total. The van der Waals surface area contributed by atoms with E-state index in [1.54, 1.807) is 0 Å². The standard InChI is InChI=1S/C11H16N2/c1-9-5-6-10(13-8-12-4)11(2,3)7-9/h5-6,8H,4,7H2,1-3H3. The average molecular weight is 176 g/mol. The summed E-state index contributed by atoms with van der Waals surface area (Å²) in [6.45, 7) is 9.89. The molecule has 1 aliphatic rings. The van der Waals surface area contributed by atoms with Crippen molar-refractivity contribution < 1.29 is 0 Å². The van der Waals surface area contributed by atoms with Gasteiger partial charge in [0, 0.05) is 11.1 Å². The highest BCUT2D eigenvalue weighted by Gasteiger charge is 2.25. The summed E-state index contributed by atoms with van der Waals surface area (Å²) >= 11 is 0. The summed E-state index contributed by atoms with van der Waals surface area (Å²) in [5, 5.41) is 0. The molecule has 0 aromatic heterocycles. The maximum absolute atomic E-state index is 4.25. The van der Waals surface area contributed by atoms with Crippen LogP contribution in [-0.4, -0.2) is 13.1 Å². The number of aliphatic imine (C=N–C) groups is 2. The monoisotopic (exact) mass is 176 g/mol. The lowest BCUT2D eigenvalue weighted by Gasteiger charge is -2.28. The number of rotatable bonds is 2. The van der Waals surface area contributed by atoms with Gasteiger partial charge in [-0.25, -0.2) is 4.99 Å². The molecule has 0 heterocycles. The Morgan fingerprint density at radius 2 is 2.15 bits per heavy atom. The molecule has 70 valence electrons. The normalized spacial score (nSPS) is 21.2. The first-order chi connectivity index (χ1) is 6.06. The lowest BCUT2D eigenvalue weighted by atomic mass is 9.79. The van der Waals surface area contributed by atoms with Gasteiger partial charge in [0.25, 0.3) is 0 Å². The van der Waals surface area contributed by atoms with E-state index >= 15 is 0 Å². The number of hydrogen-bond acceptors (Lipinski definition) is 1. The molecular weight excluding hydrogens is 160 g/mol. The molecule has 0 radical (unpaired) electrons. The van der Waals surface area contributed by atoms with E-state index in [0.717, 1.165) is 12.1 Å². The van der Waals surface area contributed by atoms with E-state index in [2.05, 4.69) is 49.6 Å². The maximum atomic E-state index is 4.25. The van der Waals surface area contributed by atoms with Crippen LogP contribution in [0.25, 0.3) is 0 Å². The van der Waals surface area contributed by atoms with Gasteiger partial charge in [0.05, 0.1) is 0 Å². The Kier molecular flexibility index (Phi) is 2.81. The van der Waals surface area contributed by atoms with Crippen molar-refractivity contribution in [3.05, 3.63) is 23.4 Å². The highest BCUT2D eigenvalue weighted by atomic mass is 14.9. The van der Waals surface area contributed by atoms with Crippen molar-refractivity contribution in [3.63, 3.8) is 0 Å². The van der Waals surface area contributed by atoms with Crippen molar-refractivity contribution in [3.8, 4) is 0 Å². The topological polar surface area (TPSA) is 24.7 Å². The van der Waals surface area contributed by atoms with E-state index in [-0.39, 0.29) is 5.41 Å². The SMILES string of the molecule is C=NC=NC1=CC=C(C)CC1(C)C.